The Bertz CT molecular complexity index is 446. The van der Waals surface area contributed by atoms with Crippen molar-refractivity contribution in [1.82, 2.24) is 5.32 Å². The highest BCUT2D eigenvalue weighted by atomic mass is 16.3. The SMILES string of the molecule is CC(C)c1ccc2c(c1)C(O)CC21CCNCC1. The van der Waals surface area contributed by atoms with Crippen molar-refractivity contribution in [2.24, 2.45) is 0 Å². The third-order valence-corrected chi connectivity index (χ3v) is 4.82. The van der Waals surface area contributed by atoms with Gasteiger partial charge < -0.3 is 10.4 Å². The molecular weight excluding hydrogens is 222 g/mol. The average molecular weight is 245 g/mol. The summed E-state index contributed by atoms with van der Waals surface area (Å²) >= 11 is 0. The third kappa shape index (κ3) is 1.79. The molecule has 1 aliphatic carbocycles. The first-order valence-electron chi connectivity index (χ1n) is 7.15. The highest BCUT2D eigenvalue weighted by Gasteiger charge is 2.43. The summed E-state index contributed by atoms with van der Waals surface area (Å²) in [4.78, 5) is 0. The maximum atomic E-state index is 10.4. The van der Waals surface area contributed by atoms with E-state index in [-0.39, 0.29) is 11.5 Å². The molecule has 2 aliphatic rings. The molecule has 1 unspecified atom stereocenters. The van der Waals surface area contributed by atoms with Gasteiger partial charge in [-0.15, -0.1) is 0 Å². The molecule has 0 aromatic heterocycles. The molecule has 18 heavy (non-hydrogen) atoms. The van der Waals surface area contributed by atoms with E-state index in [1.807, 2.05) is 0 Å². The number of hydrogen-bond donors (Lipinski definition) is 2. The van der Waals surface area contributed by atoms with Gasteiger partial charge in [-0.25, -0.2) is 0 Å². The molecule has 1 aromatic carbocycles. The molecule has 0 amide bonds. The van der Waals surface area contributed by atoms with Gasteiger partial charge in [-0.1, -0.05) is 32.0 Å². The molecule has 0 bridgehead atoms. The normalized spacial score (nSPS) is 25.7. The van der Waals surface area contributed by atoms with Crippen molar-refractivity contribution >= 4 is 0 Å². The zero-order valence-electron chi connectivity index (χ0n) is 11.4. The van der Waals surface area contributed by atoms with Gasteiger partial charge in [0.25, 0.3) is 0 Å². The number of piperidine rings is 1. The quantitative estimate of drug-likeness (QED) is 0.797. The molecule has 2 N–H and O–H groups in total. The van der Waals surface area contributed by atoms with Crippen LogP contribution in [-0.4, -0.2) is 18.2 Å². The Kier molecular flexibility index (Phi) is 2.95. The second kappa shape index (κ2) is 4.36. The first kappa shape index (κ1) is 12.2. The number of hydrogen-bond acceptors (Lipinski definition) is 2. The fourth-order valence-electron chi connectivity index (χ4n) is 3.67. The summed E-state index contributed by atoms with van der Waals surface area (Å²) in [5.74, 6) is 0.534. The highest BCUT2D eigenvalue weighted by Crippen LogP contribution is 2.50. The van der Waals surface area contributed by atoms with E-state index in [2.05, 4.69) is 37.4 Å². The molecule has 1 saturated heterocycles. The van der Waals surface area contributed by atoms with E-state index in [0.717, 1.165) is 32.4 Å². The molecule has 1 aromatic rings. The lowest BCUT2D eigenvalue weighted by molar-refractivity contribution is 0.142. The predicted molar refractivity (Wildman–Crippen MR) is 73.9 cm³/mol. The van der Waals surface area contributed by atoms with Gasteiger partial charge in [-0.3, -0.25) is 0 Å². The van der Waals surface area contributed by atoms with Gasteiger partial charge in [-0.2, -0.15) is 0 Å². The smallest absolute Gasteiger partial charge is 0.0801 e. The van der Waals surface area contributed by atoms with Crippen molar-refractivity contribution in [1.29, 1.82) is 0 Å². The van der Waals surface area contributed by atoms with Crippen LogP contribution in [0, 0.1) is 0 Å². The largest absolute Gasteiger partial charge is 0.388 e. The zero-order valence-corrected chi connectivity index (χ0v) is 11.4. The van der Waals surface area contributed by atoms with E-state index in [1.165, 1.54) is 16.7 Å². The van der Waals surface area contributed by atoms with Crippen LogP contribution in [0.25, 0.3) is 0 Å². The fraction of sp³-hybridized carbons (Fsp3) is 0.625. The monoisotopic (exact) mass is 245 g/mol. The number of aliphatic hydroxyl groups excluding tert-OH is 1. The Morgan fingerprint density at radius 3 is 2.67 bits per heavy atom. The van der Waals surface area contributed by atoms with Gasteiger partial charge in [0.2, 0.25) is 0 Å². The third-order valence-electron chi connectivity index (χ3n) is 4.82. The number of fused-ring (bicyclic) bond motifs is 2. The highest BCUT2D eigenvalue weighted by molar-refractivity contribution is 5.44. The Balaban J connectivity index is 2.03. The van der Waals surface area contributed by atoms with E-state index >= 15 is 0 Å². The number of rotatable bonds is 1. The Morgan fingerprint density at radius 2 is 2.00 bits per heavy atom. The van der Waals surface area contributed by atoms with Crippen LogP contribution in [0.15, 0.2) is 18.2 Å². The minimum atomic E-state index is -0.253. The summed E-state index contributed by atoms with van der Waals surface area (Å²) in [5.41, 5.74) is 4.21. The number of aliphatic hydroxyl groups is 1. The van der Waals surface area contributed by atoms with Crippen LogP contribution >= 0.6 is 0 Å². The van der Waals surface area contributed by atoms with Crippen LogP contribution < -0.4 is 5.32 Å². The van der Waals surface area contributed by atoms with E-state index in [4.69, 9.17) is 0 Å². The van der Waals surface area contributed by atoms with Gasteiger partial charge in [0.1, 0.15) is 0 Å². The van der Waals surface area contributed by atoms with E-state index in [9.17, 15) is 5.11 Å². The summed E-state index contributed by atoms with van der Waals surface area (Å²) in [7, 11) is 0. The molecule has 2 heteroatoms. The van der Waals surface area contributed by atoms with E-state index in [1.54, 1.807) is 0 Å². The zero-order chi connectivity index (χ0) is 12.8. The van der Waals surface area contributed by atoms with Gasteiger partial charge in [0, 0.05) is 5.41 Å². The molecule has 1 atom stereocenters. The van der Waals surface area contributed by atoms with Crippen molar-refractivity contribution in [2.75, 3.05) is 13.1 Å². The fourth-order valence-corrected chi connectivity index (χ4v) is 3.67. The summed E-state index contributed by atoms with van der Waals surface area (Å²) in [6, 6.07) is 6.78. The van der Waals surface area contributed by atoms with Crippen LogP contribution in [0.1, 0.15) is 61.8 Å². The van der Waals surface area contributed by atoms with Gasteiger partial charge in [0.15, 0.2) is 0 Å². The molecule has 1 aliphatic heterocycles. The number of nitrogens with one attached hydrogen (secondary N) is 1. The molecule has 0 radical (unpaired) electrons. The first-order chi connectivity index (χ1) is 8.62. The van der Waals surface area contributed by atoms with Crippen molar-refractivity contribution in [3.05, 3.63) is 34.9 Å². The second-order valence-corrected chi connectivity index (χ2v) is 6.25. The lowest BCUT2D eigenvalue weighted by Crippen LogP contribution is -2.38. The Labute approximate surface area is 109 Å². The minimum absolute atomic E-state index is 0.246. The van der Waals surface area contributed by atoms with Crippen LogP contribution in [0.2, 0.25) is 0 Å². The maximum absolute atomic E-state index is 10.4. The molecule has 0 saturated carbocycles. The number of benzene rings is 1. The van der Waals surface area contributed by atoms with E-state index in [0.29, 0.717) is 5.92 Å². The van der Waals surface area contributed by atoms with Crippen molar-refractivity contribution in [3.8, 4) is 0 Å². The molecular formula is C16H23NO. The molecule has 1 heterocycles. The Morgan fingerprint density at radius 1 is 1.28 bits per heavy atom. The van der Waals surface area contributed by atoms with Crippen LogP contribution in [0.5, 0.6) is 0 Å². The maximum Gasteiger partial charge on any atom is 0.0801 e. The molecule has 3 rings (SSSR count). The predicted octanol–water partition coefficient (Wildman–Crippen LogP) is 2.87. The summed E-state index contributed by atoms with van der Waals surface area (Å²) in [6.07, 6.45) is 3.00. The van der Waals surface area contributed by atoms with Gasteiger partial charge in [-0.05, 0) is 55.0 Å². The molecule has 98 valence electrons. The lowest BCUT2D eigenvalue weighted by Gasteiger charge is -2.35. The summed E-state index contributed by atoms with van der Waals surface area (Å²) in [5, 5.41) is 13.8. The van der Waals surface area contributed by atoms with E-state index < -0.39 is 0 Å². The average Bonchev–Trinajstić information content (AvgIpc) is 2.63. The first-order valence-corrected chi connectivity index (χ1v) is 7.15. The van der Waals surface area contributed by atoms with Crippen LogP contribution in [0.3, 0.4) is 0 Å². The van der Waals surface area contributed by atoms with Crippen LogP contribution in [0.4, 0.5) is 0 Å². The minimum Gasteiger partial charge on any atom is -0.388 e. The molecule has 1 fully saturated rings. The lowest BCUT2D eigenvalue weighted by atomic mass is 9.74. The van der Waals surface area contributed by atoms with Crippen molar-refractivity contribution in [2.45, 2.75) is 50.5 Å². The topological polar surface area (TPSA) is 32.3 Å². The van der Waals surface area contributed by atoms with Crippen molar-refractivity contribution in [3.63, 3.8) is 0 Å². The second-order valence-electron chi connectivity index (χ2n) is 6.25. The Hall–Kier alpha value is -0.860. The van der Waals surface area contributed by atoms with Gasteiger partial charge in [0.05, 0.1) is 6.10 Å². The standard InChI is InChI=1S/C16H23NO/c1-11(2)12-3-4-14-13(9-12)15(18)10-16(14)5-7-17-8-6-16/h3-4,9,11,15,17-18H,5-8,10H2,1-2H3. The van der Waals surface area contributed by atoms with Gasteiger partial charge >= 0.3 is 0 Å². The summed E-state index contributed by atoms with van der Waals surface area (Å²) < 4.78 is 0. The molecule has 1 spiro atoms. The van der Waals surface area contributed by atoms with Crippen LogP contribution in [-0.2, 0) is 5.41 Å². The molecule has 2 nitrogen and oxygen atoms in total. The summed E-state index contributed by atoms with van der Waals surface area (Å²) in [6.45, 7) is 6.59. The van der Waals surface area contributed by atoms with Crippen molar-refractivity contribution < 1.29 is 5.11 Å².